The van der Waals surface area contributed by atoms with Gasteiger partial charge in [0, 0.05) is 12.4 Å². The molecule has 0 radical (unpaired) electrons. The van der Waals surface area contributed by atoms with E-state index in [1.165, 1.54) is 0 Å². The van der Waals surface area contributed by atoms with Crippen LogP contribution in [0.25, 0.3) is 5.65 Å². The standard InChI is InChI=1S/C15H20N4O/c1-4-12(5-2)10-16-18-15(20)14-11(3)17-13-8-6-7-9-19(13)14/h6-10,12H,4-5H2,1-3H3,(H,18,20)/b16-10-. The molecule has 0 aliphatic carbocycles. The summed E-state index contributed by atoms with van der Waals surface area (Å²) >= 11 is 0. The molecule has 1 N–H and O–H groups in total. The van der Waals surface area contributed by atoms with Gasteiger partial charge in [-0.15, -0.1) is 0 Å². The third-order valence-electron chi connectivity index (χ3n) is 3.42. The van der Waals surface area contributed by atoms with E-state index in [0.717, 1.165) is 18.5 Å². The number of carbonyl (C=O) groups excluding carboxylic acids is 1. The predicted molar refractivity (Wildman–Crippen MR) is 80.0 cm³/mol. The molecule has 1 amide bonds. The van der Waals surface area contributed by atoms with E-state index in [9.17, 15) is 4.79 Å². The zero-order valence-electron chi connectivity index (χ0n) is 12.1. The highest BCUT2D eigenvalue weighted by Crippen LogP contribution is 2.11. The minimum Gasteiger partial charge on any atom is -0.295 e. The molecule has 5 nitrogen and oxygen atoms in total. The first kappa shape index (κ1) is 14.2. The van der Waals surface area contributed by atoms with Gasteiger partial charge in [-0.2, -0.15) is 5.10 Å². The smallest absolute Gasteiger partial charge is 0.290 e. The lowest BCUT2D eigenvalue weighted by atomic mass is 10.1. The first-order valence-corrected chi connectivity index (χ1v) is 6.94. The van der Waals surface area contributed by atoms with Crippen molar-refractivity contribution in [2.24, 2.45) is 11.0 Å². The van der Waals surface area contributed by atoms with Crippen LogP contribution in [0, 0.1) is 12.8 Å². The van der Waals surface area contributed by atoms with Gasteiger partial charge in [-0.3, -0.25) is 9.20 Å². The maximum atomic E-state index is 12.2. The molecule has 0 spiro atoms. The summed E-state index contributed by atoms with van der Waals surface area (Å²) in [4.78, 5) is 16.6. The number of rotatable bonds is 5. The first-order valence-electron chi connectivity index (χ1n) is 6.94. The molecule has 0 unspecified atom stereocenters. The van der Waals surface area contributed by atoms with E-state index in [0.29, 0.717) is 17.3 Å². The second-order valence-corrected chi connectivity index (χ2v) is 4.77. The number of aryl methyl sites for hydroxylation is 1. The molecule has 2 aromatic heterocycles. The Morgan fingerprint density at radius 3 is 2.90 bits per heavy atom. The third-order valence-corrected chi connectivity index (χ3v) is 3.42. The minimum atomic E-state index is -0.233. The van der Waals surface area contributed by atoms with Gasteiger partial charge in [0.25, 0.3) is 5.91 Å². The fourth-order valence-corrected chi connectivity index (χ4v) is 2.14. The Bertz CT molecular complexity index is 626. The molecule has 0 aliphatic rings. The van der Waals surface area contributed by atoms with Crippen molar-refractivity contribution in [1.82, 2.24) is 14.8 Å². The van der Waals surface area contributed by atoms with E-state index in [2.05, 4.69) is 29.4 Å². The van der Waals surface area contributed by atoms with Crippen LogP contribution >= 0.6 is 0 Å². The highest BCUT2D eigenvalue weighted by Gasteiger charge is 2.15. The normalized spacial score (nSPS) is 11.6. The van der Waals surface area contributed by atoms with Crippen molar-refractivity contribution < 1.29 is 4.79 Å². The van der Waals surface area contributed by atoms with E-state index in [1.54, 1.807) is 10.6 Å². The van der Waals surface area contributed by atoms with Crippen molar-refractivity contribution in [2.75, 3.05) is 0 Å². The van der Waals surface area contributed by atoms with E-state index >= 15 is 0 Å². The summed E-state index contributed by atoms with van der Waals surface area (Å²) in [6.07, 6.45) is 5.67. The quantitative estimate of drug-likeness (QED) is 0.672. The van der Waals surface area contributed by atoms with Gasteiger partial charge in [0.05, 0.1) is 5.69 Å². The summed E-state index contributed by atoms with van der Waals surface area (Å²) in [5.74, 6) is 0.169. The Morgan fingerprint density at radius 2 is 2.20 bits per heavy atom. The highest BCUT2D eigenvalue weighted by molar-refractivity contribution is 5.94. The van der Waals surface area contributed by atoms with Crippen LogP contribution in [0.1, 0.15) is 42.9 Å². The van der Waals surface area contributed by atoms with Gasteiger partial charge in [0.1, 0.15) is 11.3 Å². The molecule has 0 atom stereocenters. The van der Waals surface area contributed by atoms with Crippen LogP contribution in [0.4, 0.5) is 0 Å². The number of hydrazone groups is 1. The number of fused-ring (bicyclic) bond motifs is 1. The maximum absolute atomic E-state index is 12.2. The van der Waals surface area contributed by atoms with Gasteiger partial charge in [0.2, 0.25) is 0 Å². The fourth-order valence-electron chi connectivity index (χ4n) is 2.14. The predicted octanol–water partition coefficient (Wildman–Crippen LogP) is 2.79. The van der Waals surface area contributed by atoms with Gasteiger partial charge in [0.15, 0.2) is 0 Å². The maximum Gasteiger partial charge on any atom is 0.290 e. The monoisotopic (exact) mass is 272 g/mol. The minimum absolute atomic E-state index is 0.233. The Labute approximate surface area is 118 Å². The van der Waals surface area contributed by atoms with Crippen LogP contribution < -0.4 is 5.43 Å². The number of amides is 1. The molecule has 20 heavy (non-hydrogen) atoms. The molecule has 0 saturated heterocycles. The first-order chi connectivity index (χ1) is 9.67. The third kappa shape index (κ3) is 2.87. The zero-order chi connectivity index (χ0) is 14.5. The summed E-state index contributed by atoms with van der Waals surface area (Å²) < 4.78 is 1.78. The molecule has 0 saturated carbocycles. The van der Waals surface area contributed by atoms with E-state index in [-0.39, 0.29) is 5.91 Å². The highest BCUT2D eigenvalue weighted by atomic mass is 16.2. The number of imidazole rings is 1. The van der Waals surface area contributed by atoms with E-state index < -0.39 is 0 Å². The lowest BCUT2D eigenvalue weighted by Gasteiger charge is -2.05. The van der Waals surface area contributed by atoms with Crippen molar-refractivity contribution in [1.29, 1.82) is 0 Å². The SMILES string of the molecule is CCC(/C=N\NC(=O)c1c(C)nc2ccccn12)CC. The number of hydrogen-bond acceptors (Lipinski definition) is 3. The van der Waals surface area contributed by atoms with Crippen LogP contribution in [-0.4, -0.2) is 21.5 Å². The van der Waals surface area contributed by atoms with Gasteiger partial charge in [-0.1, -0.05) is 19.9 Å². The molecule has 106 valence electrons. The number of aromatic nitrogens is 2. The van der Waals surface area contributed by atoms with Crippen LogP contribution in [0.5, 0.6) is 0 Å². The Kier molecular flexibility index (Phi) is 4.50. The number of pyridine rings is 1. The summed E-state index contributed by atoms with van der Waals surface area (Å²) in [6, 6.07) is 5.64. The lowest BCUT2D eigenvalue weighted by Crippen LogP contribution is -2.21. The van der Waals surface area contributed by atoms with Crippen molar-refractivity contribution in [2.45, 2.75) is 33.6 Å². The Balaban J connectivity index is 2.18. The zero-order valence-corrected chi connectivity index (χ0v) is 12.1. The molecule has 2 rings (SSSR count). The van der Waals surface area contributed by atoms with E-state index in [1.807, 2.05) is 31.3 Å². The van der Waals surface area contributed by atoms with Gasteiger partial charge >= 0.3 is 0 Å². The molecule has 2 heterocycles. The Hall–Kier alpha value is -2.17. The average Bonchev–Trinajstić information content (AvgIpc) is 2.79. The largest absolute Gasteiger partial charge is 0.295 e. The van der Waals surface area contributed by atoms with Crippen molar-refractivity contribution in [3.8, 4) is 0 Å². The van der Waals surface area contributed by atoms with Gasteiger partial charge in [-0.05, 0) is 37.8 Å². The molecule has 0 fully saturated rings. The number of hydrogen-bond donors (Lipinski definition) is 1. The second-order valence-electron chi connectivity index (χ2n) is 4.77. The number of carbonyl (C=O) groups is 1. The lowest BCUT2D eigenvalue weighted by molar-refractivity contribution is 0.0948. The van der Waals surface area contributed by atoms with Crippen molar-refractivity contribution in [3.63, 3.8) is 0 Å². The van der Waals surface area contributed by atoms with Gasteiger partial charge in [-0.25, -0.2) is 10.4 Å². The molecule has 0 aliphatic heterocycles. The van der Waals surface area contributed by atoms with Crippen LogP contribution in [0.2, 0.25) is 0 Å². The topological polar surface area (TPSA) is 58.8 Å². The summed E-state index contributed by atoms with van der Waals surface area (Å²) in [6.45, 7) is 6.04. The van der Waals surface area contributed by atoms with Crippen LogP contribution in [-0.2, 0) is 0 Å². The Morgan fingerprint density at radius 1 is 1.45 bits per heavy atom. The molecule has 0 bridgehead atoms. The number of nitrogens with one attached hydrogen (secondary N) is 1. The molecule has 2 aromatic rings. The average molecular weight is 272 g/mol. The summed E-state index contributed by atoms with van der Waals surface area (Å²) in [7, 11) is 0. The van der Waals surface area contributed by atoms with Crippen LogP contribution in [0.15, 0.2) is 29.5 Å². The van der Waals surface area contributed by atoms with Gasteiger partial charge < -0.3 is 0 Å². The van der Waals surface area contributed by atoms with Crippen LogP contribution in [0.3, 0.4) is 0 Å². The number of nitrogens with zero attached hydrogens (tertiary/aromatic N) is 3. The molecule has 0 aromatic carbocycles. The van der Waals surface area contributed by atoms with Crippen molar-refractivity contribution in [3.05, 3.63) is 35.8 Å². The fraction of sp³-hybridized carbons (Fsp3) is 0.400. The second kappa shape index (κ2) is 6.32. The van der Waals surface area contributed by atoms with Crippen molar-refractivity contribution >= 4 is 17.8 Å². The molecular weight excluding hydrogens is 252 g/mol. The molecular formula is C15H20N4O. The van der Waals surface area contributed by atoms with E-state index in [4.69, 9.17) is 0 Å². The molecule has 5 heteroatoms. The summed E-state index contributed by atoms with van der Waals surface area (Å²) in [5.41, 5.74) is 4.58. The summed E-state index contributed by atoms with van der Waals surface area (Å²) in [5, 5.41) is 4.05.